The van der Waals surface area contributed by atoms with Crippen molar-refractivity contribution >= 4 is 44.0 Å². The van der Waals surface area contributed by atoms with Crippen LogP contribution in [0.25, 0.3) is 16.6 Å². The largest absolute Gasteiger partial charge is 0.483 e. The molecule has 12 heteroatoms. The fourth-order valence-corrected chi connectivity index (χ4v) is 5.09. The number of alkyl halides is 2. The summed E-state index contributed by atoms with van der Waals surface area (Å²) in [5.41, 5.74) is 2.87. The SMILES string of the molecule is Cc1cc(Nc2ncnc3cc(Br)cc(OC4CCN(C)CC4(F)F)c23)ccc1Oc1ccn2ncnc2c1. The Morgan fingerprint density at radius 3 is 2.74 bits per heavy atom. The molecule has 39 heavy (non-hydrogen) atoms. The number of nitrogens with one attached hydrogen (secondary N) is 1. The summed E-state index contributed by atoms with van der Waals surface area (Å²) in [6.07, 6.45) is 3.64. The van der Waals surface area contributed by atoms with E-state index in [4.69, 9.17) is 9.47 Å². The van der Waals surface area contributed by atoms with E-state index in [1.54, 1.807) is 40.9 Å². The Hall–Kier alpha value is -3.90. The molecule has 0 aliphatic carbocycles. The first-order chi connectivity index (χ1) is 18.7. The topological polar surface area (TPSA) is 89.7 Å². The van der Waals surface area contributed by atoms with E-state index in [0.29, 0.717) is 44.9 Å². The van der Waals surface area contributed by atoms with Gasteiger partial charge in [-0.3, -0.25) is 0 Å². The fourth-order valence-electron chi connectivity index (χ4n) is 4.66. The molecule has 5 aromatic rings. The standard InChI is InChI=1S/C27H24BrF2N7O2/c1-16-9-18(3-4-21(16)38-19-5-8-37-24(12-19)32-15-34-37)35-26-25-20(31-14-33-26)10-17(28)11-22(25)39-23-6-7-36(2)13-27(23,29)30/h3-5,8-12,14-15,23H,6-7,13H2,1-2H3,(H,31,33,35). The van der Waals surface area contributed by atoms with Crippen LogP contribution >= 0.6 is 15.9 Å². The molecule has 1 unspecified atom stereocenters. The van der Waals surface area contributed by atoms with Crippen LogP contribution in [0.5, 0.6) is 17.2 Å². The number of pyridine rings is 1. The van der Waals surface area contributed by atoms with E-state index < -0.39 is 12.0 Å². The summed E-state index contributed by atoms with van der Waals surface area (Å²) in [4.78, 5) is 14.6. The molecule has 6 rings (SSSR count). The van der Waals surface area contributed by atoms with Gasteiger partial charge >= 0.3 is 0 Å². The van der Waals surface area contributed by atoms with Crippen molar-refractivity contribution in [1.82, 2.24) is 29.5 Å². The summed E-state index contributed by atoms with van der Waals surface area (Å²) < 4.78 is 44.0. The van der Waals surface area contributed by atoms with Gasteiger partial charge in [0.25, 0.3) is 5.92 Å². The van der Waals surface area contributed by atoms with Crippen molar-refractivity contribution in [2.45, 2.75) is 25.4 Å². The van der Waals surface area contributed by atoms with Crippen molar-refractivity contribution in [3.63, 3.8) is 0 Å². The molecule has 1 atom stereocenters. The summed E-state index contributed by atoms with van der Waals surface area (Å²) in [5, 5.41) is 7.92. The maximum Gasteiger partial charge on any atom is 0.296 e. The highest BCUT2D eigenvalue weighted by Crippen LogP contribution is 2.39. The third kappa shape index (κ3) is 5.21. The van der Waals surface area contributed by atoms with Crippen molar-refractivity contribution in [3.05, 3.63) is 71.4 Å². The number of rotatable bonds is 6. The van der Waals surface area contributed by atoms with Crippen LogP contribution in [0, 0.1) is 6.92 Å². The van der Waals surface area contributed by atoms with Crippen LogP contribution in [0.1, 0.15) is 12.0 Å². The summed E-state index contributed by atoms with van der Waals surface area (Å²) >= 11 is 3.45. The van der Waals surface area contributed by atoms with Gasteiger partial charge in [0.15, 0.2) is 11.8 Å². The minimum Gasteiger partial charge on any atom is -0.483 e. The highest BCUT2D eigenvalue weighted by Gasteiger charge is 2.45. The summed E-state index contributed by atoms with van der Waals surface area (Å²) in [6, 6.07) is 12.7. The number of ether oxygens (including phenoxy) is 2. The number of halogens is 3. The molecule has 0 amide bonds. The van der Waals surface area contributed by atoms with E-state index in [9.17, 15) is 8.78 Å². The van der Waals surface area contributed by atoms with Gasteiger partial charge in [-0.05, 0) is 55.9 Å². The van der Waals surface area contributed by atoms with Gasteiger partial charge < -0.3 is 19.7 Å². The lowest BCUT2D eigenvalue weighted by Gasteiger charge is -2.36. The van der Waals surface area contributed by atoms with Crippen molar-refractivity contribution in [2.75, 3.05) is 25.5 Å². The van der Waals surface area contributed by atoms with Gasteiger partial charge in [0.2, 0.25) is 0 Å². The molecule has 2 aromatic carbocycles. The van der Waals surface area contributed by atoms with E-state index >= 15 is 0 Å². The smallest absolute Gasteiger partial charge is 0.296 e. The van der Waals surface area contributed by atoms with Gasteiger partial charge in [0.05, 0.1) is 17.4 Å². The summed E-state index contributed by atoms with van der Waals surface area (Å²) in [6.45, 7) is 2.10. The van der Waals surface area contributed by atoms with Gasteiger partial charge in [-0.15, -0.1) is 0 Å². The minimum atomic E-state index is -2.99. The molecule has 1 aliphatic rings. The first kappa shape index (κ1) is 25.4. The second-order valence-corrected chi connectivity index (χ2v) is 10.5. The molecule has 0 spiro atoms. The molecule has 4 heterocycles. The van der Waals surface area contributed by atoms with Gasteiger partial charge in [0.1, 0.15) is 35.7 Å². The lowest BCUT2D eigenvalue weighted by atomic mass is 10.0. The van der Waals surface area contributed by atoms with Crippen LogP contribution in [0.3, 0.4) is 0 Å². The highest BCUT2D eigenvalue weighted by molar-refractivity contribution is 9.10. The quantitative estimate of drug-likeness (QED) is 0.256. The molecule has 0 bridgehead atoms. The third-order valence-corrected chi connectivity index (χ3v) is 7.04. The number of hydrogen-bond acceptors (Lipinski definition) is 8. The lowest BCUT2D eigenvalue weighted by molar-refractivity contribution is -0.134. The number of piperidine rings is 1. The monoisotopic (exact) mass is 595 g/mol. The first-order valence-corrected chi connectivity index (χ1v) is 13.1. The molecule has 3 aromatic heterocycles. The fraction of sp³-hybridized carbons (Fsp3) is 0.259. The number of nitrogens with zero attached hydrogens (tertiary/aromatic N) is 6. The Balaban J connectivity index is 1.28. The predicted molar refractivity (Wildman–Crippen MR) is 146 cm³/mol. The second-order valence-electron chi connectivity index (χ2n) is 9.55. The van der Waals surface area contributed by atoms with Crippen molar-refractivity contribution < 1.29 is 18.3 Å². The zero-order valence-electron chi connectivity index (χ0n) is 21.1. The molecular formula is C27H24BrF2N7O2. The molecule has 1 aliphatic heterocycles. The van der Waals surface area contributed by atoms with Gasteiger partial charge in [-0.25, -0.2) is 28.2 Å². The number of hydrogen-bond donors (Lipinski definition) is 1. The average molecular weight is 596 g/mol. The number of fused-ring (bicyclic) bond motifs is 2. The Kier molecular flexibility index (Phi) is 6.51. The Bertz CT molecular complexity index is 1680. The predicted octanol–water partition coefficient (Wildman–Crippen LogP) is 6.00. The summed E-state index contributed by atoms with van der Waals surface area (Å²) in [5.74, 6) is -0.939. The molecule has 1 N–H and O–H groups in total. The lowest BCUT2D eigenvalue weighted by Crippen LogP contribution is -2.52. The van der Waals surface area contributed by atoms with Gasteiger partial charge in [0, 0.05) is 35.4 Å². The number of likely N-dealkylation sites (tertiary alicyclic amines) is 1. The van der Waals surface area contributed by atoms with E-state index in [0.717, 1.165) is 11.3 Å². The molecule has 0 radical (unpaired) electrons. The molecular weight excluding hydrogens is 572 g/mol. The number of anilines is 2. The Labute approximate surface area is 230 Å². The van der Waals surface area contributed by atoms with Crippen molar-refractivity contribution in [3.8, 4) is 17.2 Å². The van der Waals surface area contributed by atoms with Crippen molar-refractivity contribution in [2.24, 2.45) is 0 Å². The normalized spacial score (nSPS) is 17.4. The molecule has 1 saturated heterocycles. The van der Waals surface area contributed by atoms with Gasteiger partial charge in [-0.2, -0.15) is 5.10 Å². The molecule has 9 nitrogen and oxygen atoms in total. The Morgan fingerprint density at radius 1 is 1.05 bits per heavy atom. The number of aryl methyl sites for hydroxylation is 1. The van der Waals surface area contributed by atoms with E-state index in [2.05, 4.69) is 41.3 Å². The first-order valence-electron chi connectivity index (χ1n) is 12.3. The zero-order valence-corrected chi connectivity index (χ0v) is 22.7. The second kappa shape index (κ2) is 10.0. The highest BCUT2D eigenvalue weighted by atomic mass is 79.9. The van der Waals surface area contributed by atoms with Crippen LogP contribution in [0.2, 0.25) is 0 Å². The number of aromatic nitrogens is 5. The summed E-state index contributed by atoms with van der Waals surface area (Å²) in [7, 11) is 1.68. The van der Waals surface area contributed by atoms with Crippen LogP contribution in [-0.2, 0) is 0 Å². The van der Waals surface area contributed by atoms with E-state index in [1.165, 1.54) is 12.7 Å². The van der Waals surface area contributed by atoms with Crippen LogP contribution < -0.4 is 14.8 Å². The molecule has 200 valence electrons. The maximum absolute atomic E-state index is 14.8. The van der Waals surface area contributed by atoms with E-state index in [-0.39, 0.29) is 18.7 Å². The molecule has 0 saturated carbocycles. The van der Waals surface area contributed by atoms with Crippen LogP contribution in [0.4, 0.5) is 20.3 Å². The average Bonchev–Trinajstić information content (AvgIpc) is 3.35. The zero-order chi connectivity index (χ0) is 27.1. The van der Waals surface area contributed by atoms with Crippen molar-refractivity contribution in [1.29, 1.82) is 0 Å². The van der Waals surface area contributed by atoms with Crippen LogP contribution in [-0.4, -0.2) is 61.6 Å². The van der Waals surface area contributed by atoms with Crippen LogP contribution in [0.15, 0.2) is 65.8 Å². The minimum absolute atomic E-state index is 0.207. The maximum atomic E-state index is 14.8. The number of benzene rings is 2. The van der Waals surface area contributed by atoms with E-state index in [1.807, 2.05) is 31.2 Å². The third-order valence-electron chi connectivity index (χ3n) is 6.58. The molecule has 1 fully saturated rings. The van der Waals surface area contributed by atoms with Gasteiger partial charge in [-0.1, -0.05) is 15.9 Å². The Morgan fingerprint density at radius 2 is 1.92 bits per heavy atom.